The Labute approximate surface area is 152 Å². The molecule has 1 rings (SSSR count). The predicted molar refractivity (Wildman–Crippen MR) is 97.7 cm³/mol. The fourth-order valence-electron chi connectivity index (χ4n) is 1.55. The van der Waals surface area contributed by atoms with Gasteiger partial charge in [-0.3, -0.25) is 14.4 Å². The molecule has 0 amide bonds. The fraction of sp³-hybridized carbons (Fsp3) is 0.800. The fourth-order valence-corrected chi connectivity index (χ4v) is 2.04. The van der Waals surface area contributed by atoms with E-state index in [2.05, 4.69) is 5.32 Å². The smallest absolute Gasteiger partial charge is 0.320 e. The zero-order valence-electron chi connectivity index (χ0n) is 15.0. The van der Waals surface area contributed by atoms with E-state index in [0.29, 0.717) is 6.42 Å². The van der Waals surface area contributed by atoms with Crippen molar-refractivity contribution < 1.29 is 29.7 Å². The van der Waals surface area contributed by atoms with Crippen LogP contribution in [-0.4, -0.2) is 69.9 Å². The van der Waals surface area contributed by atoms with E-state index >= 15 is 0 Å². The molecule has 1 aliphatic heterocycles. The zero-order valence-corrected chi connectivity index (χ0v) is 15.8. The van der Waals surface area contributed by atoms with Crippen molar-refractivity contribution in [3.05, 3.63) is 0 Å². The summed E-state index contributed by atoms with van der Waals surface area (Å²) in [5, 5.41) is 27.7. The van der Waals surface area contributed by atoms with Gasteiger partial charge >= 0.3 is 17.9 Å². The SMILES string of the molecule is CC(C)C(N)C(=O)O.CSCCC(N)C(=O)O.O=C(O)[C@@H]1CCCN1. The van der Waals surface area contributed by atoms with E-state index in [9.17, 15) is 14.4 Å². The van der Waals surface area contributed by atoms with Crippen molar-refractivity contribution in [3.8, 4) is 0 Å². The highest BCUT2D eigenvalue weighted by molar-refractivity contribution is 7.98. The molecule has 10 heteroatoms. The molecule has 0 spiro atoms. The molecular weight excluding hydrogens is 350 g/mol. The summed E-state index contributed by atoms with van der Waals surface area (Å²) >= 11 is 1.60. The molecule has 1 saturated heterocycles. The van der Waals surface area contributed by atoms with Crippen LogP contribution in [0.2, 0.25) is 0 Å². The topological polar surface area (TPSA) is 176 Å². The molecule has 0 aliphatic carbocycles. The summed E-state index contributed by atoms with van der Waals surface area (Å²) in [7, 11) is 0. The largest absolute Gasteiger partial charge is 0.480 e. The lowest BCUT2D eigenvalue weighted by Gasteiger charge is -2.07. The molecule has 0 saturated carbocycles. The van der Waals surface area contributed by atoms with Crippen molar-refractivity contribution in [1.29, 1.82) is 0 Å². The van der Waals surface area contributed by atoms with Crippen molar-refractivity contribution in [3.63, 3.8) is 0 Å². The van der Waals surface area contributed by atoms with Gasteiger partial charge in [-0.15, -0.1) is 0 Å². The third-order valence-electron chi connectivity index (χ3n) is 3.31. The van der Waals surface area contributed by atoms with Crippen LogP contribution in [0.5, 0.6) is 0 Å². The summed E-state index contributed by atoms with van der Waals surface area (Å²) in [4.78, 5) is 30.2. The maximum atomic E-state index is 10.1. The summed E-state index contributed by atoms with van der Waals surface area (Å²) in [5.41, 5.74) is 10.3. The minimum absolute atomic E-state index is 0.0208. The van der Waals surface area contributed by atoms with Crippen LogP contribution in [0.3, 0.4) is 0 Å². The zero-order chi connectivity index (χ0) is 20.0. The van der Waals surface area contributed by atoms with E-state index in [1.54, 1.807) is 25.6 Å². The number of rotatable bonds is 7. The van der Waals surface area contributed by atoms with E-state index in [1.807, 2.05) is 6.26 Å². The van der Waals surface area contributed by atoms with Crippen molar-refractivity contribution in [1.82, 2.24) is 5.32 Å². The number of nitrogens with one attached hydrogen (secondary N) is 1. The van der Waals surface area contributed by atoms with Crippen molar-refractivity contribution in [2.45, 2.75) is 51.2 Å². The van der Waals surface area contributed by atoms with Gasteiger partial charge in [-0.1, -0.05) is 13.8 Å². The van der Waals surface area contributed by atoms with Gasteiger partial charge in [0.15, 0.2) is 0 Å². The van der Waals surface area contributed by atoms with Crippen molar-refractivity contribution >= 4 is 29.7 Å². The Hall–Kier alpha value is -1.36. The molecule has 9 nitrogen and oxygen atoms in total. The number of carboxylic acid groups (broad SMARTS) is 3. The summed E-state index contributed by atoms with van der Waals surface area (Å²) in [6.45, 7) is 4.41. The number of nitrogens with two attached hydrogens (primary N) is 2. The Morgan fingerprint density at radius 1 is 1.16 bits per heavy atom. The maximum absolute atomic E-state index is 10.1. The highest BCUT2D eigenvalue weighted by Gasteiger charge is 2.20. The Balaban J connectivity index is 0. The van der Waals surface area contributed by atoms with Crippen LogP contribution >= 0.6 is 11.8 Å². The summed E-state index contributed by atoms with van der Waals surface area (Å²) < 4.78 is 0. The van der Waals surface area contributed by atoms with Crippen LogP contribution in [0.4, 0.5) is 0 Å². The van der Waals surface area contributed by atoms with Gasteiger partial charge in [0, 0.05) is 0 Å². The Morgan fingerprint density at radius 3 is 1.92 bits per heavy atom. The highest BCUT2D eigenvalue weighted by Crippen LogP contribution is 2.03. The molecule has 0 aromatic heterocycles. The first-order valence-electron chi connectivity index (χ1n) is 7.96. The number of thioether (sulfide) groups is 1. The number of carboxylic acids is 3. The predicted octanol–water partition coefficient (Wildman–Crippen LogP) is 0.0287. The summed E-state index contributed by atoms with van der Waals surface area (Å²) in [5.74, 6) is -1.73. The van der Waals surface area contributed by atoms with Gasteiger partial charge in [-0.2, -0.15) is 11.8 Å². The molecule has 148 valence electrons. The molecule has 2 unspecified atom stereocenters. The summed E-state index contributed by atoms with van der Waals surface area (Å²) in [6.07, 6.45) is 4.26. The van der Waals surface area contributed by atoms with E-state index in [1.165, 1.54) is 0 Å². The third kappa shape index (κ3) is 14.7. The molecule has 1 heterocycles. The number of hydrogen-bond acceptors (Lipinski definition) is 7. The average Bonchev–Trinajstić information content (AvgIpc) is 3.07. The second-order valence-electron chi connectivity index (χ2n) is 5.82. The van der Waals surface area contributed by atoms with Gasteiger partial charge < -0.3 is 32.1 Å². The number of carbonyl (C=O) groups is 3. The minimum Gasteiger partial charge on any atom is -0.480 e. The summed E-state index contributed by atoms with van der Waals surface area (Å²) in [6, 6.07) is -1.66. The van der Waals surface area contributed by atoms with Crippen LogP contribution in [-0.2, 0) is 14.4 Å². The highest BCUT2D eigenvalue weighted by atomic mass is 32.2. The first-order chi connectivity index (χ1) is 11.5. The van der Waals surface area contributed by atoms with Crippen LogP contribution in [0, 0.1) is 5.92 Å². The van der Waals surface area contributed by atoms with Crippen LogP contribution < -0.4 is 16.8 Å². The second-order valence-corrected chi connectivity index (χ2v) is 6.81. The Morgan fingerprint density at radius 2 is 1.72 bits per heavy atom. The van der Waals surface area contributed by atoms with Gasteiger partial charge in [0.05, 0.1) is 0 Å². The van der Waals surface area contributed by atoms with Gasteiger partial charge in [0.2, 0.25) is 0 Å². The van der Waals surface area contributed by atoms with Crippen molar-refractivity contribution in [2.75, 3.05) is 18.6 Å². The molecule has 25 heavy (non-hydrogen) atoms. The molecule has 1 aliphatic rings. The minimum atomic E-state index is -0.931. The number of aliphatic carboxylic acids is 3. The maximum Gasteiger partial charge on any atom is 0.320 e. The normalized spacial score (nSPS) is 18.2. The first kappa shape index (κ1) is 25.9. The molecule has 1 fully saturated rings. The van der Waals surface area contributed by atoms with E-state index in [0.717, 1.165) is 25.1 Å². The van der Waals surface area contributed by atoms with Crippen LogP contribution in [0.1, 0.15) is 33.1 Å². The van der Waals surface area contributed by atoms with Gasteiger partial charge in [0.25, 0.3) is 0 Å². The first-order valence-corrected chi connectivity index (χ1v) is 9.35. The van der Waals surface area contributed by atoms with Crippen LogP contribution in [0.15, 0.2) is 0 Å². The van der Waals surface area contributed by atoms with Gasteiger partial charge in [0.1, 0.15) is 18.1 Å². The Kier molecular flexibility index (Phi) is 15.5. The molecule has 8 N–H and O–H groups in total. The lowest BCUT2D eigenvalue weighted by atomic mass is 10.1. The van der Waals surface area contributed by atoms with E-state index < -0.39 is 30.0 Å². The Bertz CT molecular complexity index is 391. The van der Waals surface area contributed by atoms with Crippen LogP contribution in [0.25, 0.3) is 0 Å². The van der Waals surface area contributed by atoms with Crippen molar-refractivity contribution in [2.24, 2.45) is 17.4 Å². The quantitative estimate of drug-likeness (QED) is 0.352. The van der Waals surface area contributed by atoms with Gasteiger partial charge in [-0.25, -0.2) is 0 Å². The van der Waals surface area contributed by atoms with E-state index in [4.69, 9.17) is 26.8 Å². The average molecular weight is 381 g/mol. The molecule has 0 radical (unpaired) electrons. The molecule has 0 aromatic carbocycles. The van der Waals surface area contributed by atoms with Gasteiger partial charge in [-0.05, 0) is 43.7 Å². The molecular formula is C15H31N3O6S. The second kappa shape index (κ2) is 14.9. The third-order valence-corrected chi connectivity index (χ3v) is 3.96. The molecule has 3 atom stereocenters. The molecule has 0 aromatic rings. The molecule has 0 bridgehead atoms. The monoisotopic (exact) mass is 381 g/mol. The standard InChI is InChI=1S/C5H11NO2S.C5H9NO2.C5H11NO2/c1-9-3-2-4(6)5(7)8;7-5(8)4-2-1-3-6-4;1-3(2)4(6)5(7)8/h4H,2-3,6H2,1H3,(H,7,8);4,6H,1-3H2,(H,7,8);3-4H,6H2,1-2H3,(H,7,8)/t;4-;/m.0./s1. The number of hydrogen-bond donors (Lipinski definition) is 6. The lowest BCUT2D eigenvalue weighted by molar-refractivity contribution is -0.140. The van der Waals surface area contributed by atoms with E-state index in [-0.39, 0.29) is 12.0 Å². The lowest BCUT2D eigenvalue weighted by Crippen LogP contribution is -2.34.